The molecule has 0 radical (unpaired) electrons. The zero-order chi connectivity index (χ0) is 15.0. The summed E-state index contributed by atoms with van der Waals surface area (Å²) in [7, 11) is 1.33. The Morgan fingerprint density at radius 2 is 1.95 bits per heavy atom. The molecule has 1 heterocycles. The van der Waals surface area contributed by atoms with E-state index in [1.54, 1.807) is 6.07 Å². The number of fused-ring (bicyclic) bond motifs is 1. The highest BCUT2D eigenvalue weighted by Crippen LogP contribution is 2.45. The van der Waals surface area contributed by atoms with Gasteiger partial charge in [0.05, 0.1) is 7.11 Å². The van der Waals surface area contributed by atoms with Crippen molar-refractivity contribution in [2.24, 2.45) is 5.92 Å². The molecular formula is C17H16O3S. The molecule has 2 atom stereocenters. The van der Waals surface area contributed by atoms with Crippen molar-refractivity contribution in [2.75, 3.05) is 7.11 Å². The number of benzene rings is 1. The van der Waals surface area contributed by atoms with Crippen LogP contribution in [0.25, 0.3) is 0 Å². The van der Waals surface area contributed by atoms with Crippen molar-refractivity contribution in [1.29, 1.82) is 0 Å². The molecule has 0 N–H and O–H groups in total. The summed E-state index contributed by atoms with van der Waals surface area (Å²) in [6.45, 7) is 2.10. The number of esters is 1. The first-order valence-corrected chi connectivity index (χ1v) is 7.83. The molecule has 1 aliphatic rings. The van der Waals surface area contributed by atoms with Gasteiger partial charge in [-0.3, -0.25) is 9.59 Å². The van der Waals surface area contributed by atoms with E-state index in [-0.39, 0.29) is 11.7 Å². The highest BCUT2D eigenvalue weighted by atomic mass is 32.1. The number of aryl methyl sites for hydroxylation is 1. The number of rotatable bonds is 3. The molecule has 1 aliphatic carbocycles. The summed E-state index contributed by atoms with van der Waals surface area (Å²) in [4.78, 5) is 25.5. The molecule has 1 aromatic heterocycles. The highest BCUT2D eigenvalue weighted by Gasteiger charge is 2.46. The zero-order valence-corrected chi connectivity index (χ0v) is 12.8. The molecule has 0 aliphatic heterocycles. The topological polar surface area (TPSA) is 43.4 Å². The third kappa shape index (κ3) is 2.20. The van der Waals surface area contributed by atoms with Crippen molar-refractivity contribution in [3.8, 4) is 0 Å². The first kappa shape index (κ1) is 14.0. The SMILES string of the molecule is CCc1ccc([C@@H]2c3sccc3C(=O)[C@H]2C(=O)OC)cc1. The zero-order valence-electron chi connectivity index (χ0n) is 12.0. The first-order chi connectivity index (χ1) is 10.2. The molecule has 3 nitrogen and oxygen atoms in total. The Kier molecular flexibility index (Phi) is 3.64. The minimum Gasteiger partial charge on any atom is -0.468 e. The van der Waals surface area contributed by atoms with Gasteiger partial charge in [-0.15, -0.1) is 11.3 Å². The molecule has 0 amide bonds. The van der Waals surface area contributed by atoms with Crippen LogP contribution in [0.3, 0.4) is 0 Å². The van der Waals surface area contributed by atoms with Gasteiger partial charge in [0, 0.05) is 16.4 Å². The van der Waals surface area contributed by atoms with Crippen LogP contribution in [0.15, 0.2) is 35.7 Å². The van der Waals surface area contributed by atoms with E-state index >= 15 is 0 Å². The molecule has 1 aromatic carbocycles. The van der Waals surface area contributed by atoms with Gasteiger partial charge >= 0.3 is 5.97 Å². The summed E-state index contributed by atoms with van der Waals surface area (Å²) in [5.41, 5.74) is 2.90. The molecule has 0 bridgehead atoms. The quantitative estimate of drug-likeness (QED) is 0.644. The fourth-order valence-corrected chi connectivity index (χ4v) is 3.98. The Hall–Kier alpha value is -1.94. The van der Waals surface area contributed by atoms with E-state index in [1.807, 2.05) is 17.5 Å². The number of hydrogen-bond donors (Lipinski definition) is 0. The second kappa shape index (κ2) is 5.45. The Bertz CT molecular complexity index is 684. The van der Waals surface area contributed by atoms with E-state index in [9.17, 15) is 9.59 Å². The lowest BCUT2D eigenvalue weighted by Gasteiger charge is -2.17. The predicted molar refractivity (Wildman–Crippen MR) is 81.8 cm³/mol. The van der Waals surface area contributed by atoms with Gasteiger partial charge in [0.1, 0.15) is 5.92 Å². The van der Waals surface area contributed by atoms with E-state index < -0.39 is 11.9 Å². The smallest absolute Gasteiger partial charge is 0.317 e. The number of thiophene rings is 1. The third-order valence-electron chi connectivity index (χ3n) is 4.06. The maximum Gasteiger partial charge on any atom is 0.317 e. The minimum absolute atomic E-state index is 0.123. The molecule has 0 unspecified atom stereocenters. The molecule has 0 spiro atoms. The Morgan fingerprint density at radius 1 is 1.24 bits per heavy atom. The molecule has 21 heavy (non-hydrogen) atoms. The monoisotopic (exact) mass is 300 g/mol. The average molecular weight is 300 g/mol. The van der Waals surface area contributed by atoms with E-state index in [1.165, 1.54) is 24.0 Å². The standard InChI is InChI=1S/C17H16O3S/c1-3-10-4-6-11(7-5-10)13-14(17(19)20-2)15(18)12-8-9-21-16(12)13/h4-9,13-14H,3H2,1-2H3/t13-,14-/m0/s1. The van der Waals surface area contributed by atoms with Gasteiger partial charge < -0.3 is 4.74 Å². The molecule has 108 valence electrons. The minimum atomic E-state index is -0.745. The van der Waals surface area contributed by atoms with Crippen molar-refractivity contribution in [2.45, 2.75) is 19.3 Å². The lowest BCUT2D eigenvalue weighted by atomic mass is 9.88. The molecule has 3 rings (SSSR count). The largest absolute Gasteiger partial charge is 0.468 e. The van der Waals surface area contributed by atoms with E-state index in [4.69, 9.17) is 4.74 Å². The lowest BCUT2D eigenvalue weighted by Crippen LogP contribution is -2.26. The van der Waals surface area contributed by atoms with Crippen molar-refractivity contribution in [1.82, 2.24) is 0 Å². The Balaban J connectivity index is 2.07. The number of ether oxygens (including phenoxy) is 1. The molecule has 4 heteroatoms. The van der Waals surface area contributed by atoms with Crippen LogP contribution in [0.2, 0.25) is 0 Å². The number of Topliss-reactive ketones (excluding diaryl/α,β-unsaturated/α-hetero) is 1. The maximum absolute atomic E-state index is 12.5. The van der Waals surface area contributed by atoms with Crippen LogP contribution in [0.1, 0.15) is 39.2 Å². The van der Waals surface area contributed by atoms with Crippen LogP contribution in [-0.4, -0.2) is 18.9 Å². The Morgan fingerprint density at radius 3 is 2.57 bits per heavy atom. The van der Waals surface area contributed by atoms with Gasteiger partial charge in [0.15, 0.2) is 5.78 Å². The summed E-state index contributed by atoms with van der Waals surface area (Å²) < 4.78 is 4.85. The Labute approximate surface area is 127 Å². The number of hydrogen-bond acceptors (Lipinski definition) is 4. The number of methoxy groups -OCH3 is 1. The van der Waals surface area contributed by atoms with Crippen LogP contribution >= 0.6 is 11.3 Å². The summed E-state index contributed by atoms with van der Waals surface area (Å²) in [6, 6.07) is 9.95. The average Bonchev–Trinajstić information content (AvgIpc) is 3.09. The summed E-state index contributed by atoms with van der Waals surface area (Å²) >= 11 is 1.53. The second-order valence-corrected chi connectivity index (χ2v) is 6.08. The summed E-state index contributed by atoms with van der Waals surface area (Å²) in [5, 5.41) is 1.91. The number of carbonyl (C=O) groups excluding carboxylic acids is 2. The van der Waals surface area contributed by atoms with E-state index in [0.717, 1.165) is 16.9 Å². The van der Waals surface area contributed by atoms with Crippen LogP contribution in [0.4, 0.5) is 0 Å². The number of carbonyl (C=O) groups is 2. The molecule has 2 aromatic rings. The lowest BCUT2D eigenvalue weighted by molar-refractivity contribution is -0.143. The van der Waals surface area contributed by atoms with Crippen LogP contribution < -0.4 is 0 Å². The van der Waals surface area contributed by atoms with Crippen molar-refractivity contribution in [3.05, 3.63) is 57.3 Å². The van der Waals surface area contributed by atoms with Crippen LogP contribution in [0.5, 0.6) is 0 Å². The second-order valence-electron chi connectivity index (χ2n) is 5.14. The highest BCUT2D eigenvalue weighted by molar-refractivity contribution is 7.10. The summed E-state index contributed by atoms with van der Waals surface area (Å²) in [5.74, 6) is -1.54. The van der Waals surface area contributed by atoms with Crippen LogP contribution in [0, 0.1) is 5.92 Å². The molecular weight excluding hydrogens is 284 g/mol. The third-order valence-corrected chi connectivity index (χ3v) is 5.06. The fraction of sp³-hybridized carbons (Fsp3) is 0.294. The normalized spacial score (nSPS) is 20.4. The van der Waals surface area contributed by atoms with E-state index in [2.05, 4.69) is 19.1 Å². The van der Waals surface area contributed by atoms with E-state index in [0.29, 0.717) is 5.56 Å². The van der Waals surface area contributed by atoms with Crippen molar-refractivity contribution < 1.29 is 14.3 Å². The van der Waals surface area contributed by atoms with Gasteiger partial charge in [-0.2, -0.15) is 0 Å². The van der Waals surface area contributed by atoms with Gasteiger partial charge in [-0.25, -0.2) is 0 Å². The molecule has 0 saturated carbocycles. The van der Waals surface area contributed by atoms with Crippen LogP contribution in [-0.2, 0) is 16.0 Å². The first-order valence-electron chi connectivity index (χ1n) is 6.95. The van der Waals surface area contributed by atoms with Gasteiger partial charge in [-0.1, -0.05) is 31.2 Å². The predicted octanol–water partition coefficient (Wildman–Crippen LogP) is 3.43. The van der Waals surface area contributed by atoms with Gasteiger partial charge in [0.25, 0.3) is 0 Å². The van der Waals surface area contributed by atoms with Gasteiger partial charge in [0.2, 0.25) is 0 Å². The van der Waals surface area contributed by atoms with Crippen molar-refractivity contribution in [3.63, 3.8) is 0 Å². The van der Waals surface area contributed by atoms with Gasteiger partial charge in [-0.05, 0) is 29.0 Å². The van der Waals surface area contributed by atoms with Crippen molar-refractivity contribution >= 4 is 23.1 Å². The molecule has 0 saturated heterocycles. The maximum atomic E-state index is 12.5. The number of ketones is 1. The summed E-state index contributed by atoms with van der Waals surface area (Å²) in [6.07, 6.45) is 0.967. The molecule has 0 fully saturated rings. The fourth-order valence-electron chi connectivity index (χ4n) is 2.91.